The number of fused-ring (bicyclic) bond motifs is 6. The number of ketones is 1. The van der Waals surface area contributed by atoms with Crippen molar-refractivity contribution in [3.05, 3.63) is 23.5 Å². The highest BCUT2D eigenvalue weighted by molar-refractivity contribution is 5.89. The molecule has 0 aromatic heterocycles. The largest absolute Gasteiger partial charge is 0.390 e. The van der Waals surface area contributed by atoms with Gasteiger partial charge in [-0.05, 0) is 118 Å². The molecule has 8 atom stereocenters. The van der Waals surface area contributed by atoms with Gasteiger partial charge in [0.2, 0.25) is 0 Å². The van der Waals surface area contributed by atoms with Crippen LogP contribution in [0.1, 0.15) is 84.1 Å². The Bertz CT molecular complexity index is 1040. The van der Waals surface area contributed by atoms with Gasteiger partial charge in [-0.1, -0.05) is 19.9 Å². The van der Waals surface area contributed by atoms with E-state index in [1.807, 2.05) is 13.0 Å². The summed E-state index contributed by atoms with van der Waals surface area (Å²) in [6.45, 7) is 8.97. The first kappa shape index (κ1) is 23.7. The molecule has 4 aliphatic carbocycles. The standard InChI is InChI=1S/C29H42FN3O2/c1-17-5-10-23-26(25(17)30)31-32-33(23)16-24(34)22-9-8-20-19-7-6-18-15-27(2,35)13-14-28(18,3)21(19)11-12-29(20,22)4/h5,10,18-22,31-32,35H,6-9,11-16H2,1-4H3/t18-,19-,20-,21-,22+,27+,28-,29-/m0/s1. The van der Waals surface area contributed by atoms with Crippen molar-refractivity contribution < 1.29 is 14.3 Å². The van der Waals surface area contributed by atoms with Gasteiger partial charge in [0.25, 0.3) is 0 Å². The summed E-state index contributed by atoms with van der Waals surface area (Å²) in [5.41, 5.74) is 7.60. The maximum atomic E-state index is 14.5. The van der Waals surface area contributed by atoms with Crippen molar-refractivity contribution in [3.8, 4) is 0 Å². The summed E-state index contributed by atoms with van der Waals surface area (Å²) >= 11 is 0. The highest BCUT2D eigenvalue weighted by atomic mass is 19.1. The zero-order valence-electron chi connectivity index (χ0n) is 21.8. The normalized spacial score (nSPS) is 44.2. The number of hydrogen-bond donors (Lipinski definition) is 3. The molecule has 5 aliphatic rings. The molecule has 0 amide bonds. The summed E-state index contributed by atoms with van der Waals surface area (Å²) in [7, 11) is 0. The van der Waals surface area contributed by atoms with Gasteiger partial charge in [-0.2, -0.15) is 0 Å². The van der Waals surface area contributed by atoms with Crippen LogP contribution in [-0.2, 0) is 4.79 Å². The molecule has 5 nitrogen and oxygen atoms in total. The van der Waals surface area contributed by atoms with E-state index in [9.17, 15) is 14.3 Å². The van der Waals surface area contributed by atoms with E-state index in [2.05, 4.69) is 24.8 Å². The van der Waals surface area contributed by atoms with Crippen molar-refractivity contribution in [2.75, 3.05) is 17.0 Å². The van der Waals surface area contributed by atoms with Gasteiger partial charge in [-0.25, -0.2) is 4.39 Å². The molecule has 1 aromatic rings. The first-order chi connectivity index (χ1) is 16.5. The molecule has 1 heterocycles. The summed E-state index contributed by atoms with van der Waals surface area (Å²) in [6, 6.07) is 3.66. The van der Waals surface area contributed by atoms with E-state index in [4.69, 9.17) is 0 Å². The second kappa shape index (κ2) is 7.92. The van der Waals surface area contributed by atoms with Crippen LogP contribution in [0.15, 0.2) is 12.1 Å². The highest BCUT2D eigenvalue weighted by Gasteiger charge is 2.61. The molecule has 4 saturated carbocycles. The predicted octanol–water partition coefficient (Wildman–Crippen LogP) is 5.76. The summed E-state index contributed by atoms with van der Waals surface area (Å²) in [5.74, 6) is 2.79. The van der Waals surface area contributed by atoms with Crippen molar-refractivity contribution in [2.24, 2.45) is 40.4 Å². The Morgan fingerprint density at radius 3 is 2.63 bits per heavy atom. The molecule has 4 fully saturated rings. The lowest BCUT2D eigenvalue weighted by Crippen LogP contribution is -2.56. The van der Waals surface area contributed by atoms with Crippen molar-refractivity contribution in [2.45, 2.75) is 91.1 Å². The Morgan fingerprint density at radius 1 is 1.06 bits per heavy atom. The van der Waals surface area contributed by atoms with Crippen LogP contribution in [-0.4, -0.2) is 23.0 Å². The molecule has 0 radical (unpaired) electrons. The molecule has 0 saturated heterocycles. The number of benzene rings is 1. The zero-order chi connectivity index (χ0) is 24.8. The van der Waals surface area contributed by atoms with Crippen molar-refractivity contribution >= 4 is 17.2 Å². The number of aliphatic hydroxyl groups is 1. The minimum absolute atomic E-state index is 0.0656. The fourth-order valence-corrected chi connectivity index (χ4v) is 9.55. The molecule has 35 heavy (non-hydrogen) atoms. The fourth-order valence-electron chi connectivity index (χ4n) is 9.55. The quantitative estimate of drug-likeness (QED) is 0.510. The van der Waals surface area contributed by atoms with E-state index >= 15 is 0 Å². The summed E-state index contributed by atoms with van der Waals surface area (Å²) in [4.78, 5) is 13.7. The maximum Gasteiger partial charge on any atom is 0.157 e. The van der Waals surface area contributed by atoms with Gasteiger partial charge >= 0.3 is 0 Å². The number of rotatable bonds is 3. The molecule has 3 N–H and O–H groups in total. The first-order valence-electron chi connectivity index (χ1n) is 13.9. The van der Waals surface area contributed by atoms with Crippen molar-refractivity contribution in [1.29, 1.82) is 0 Å². The Hall–Kier alpha value is -1.66. The number of Topliss-reactive ketones (excluding diaryl/α,β-unsaturated/α-hetero) is 1. The fraction of sp³-hybridized carbons (Fsp3) is 0.759. The Kier molecular flexibility index (Phi) is 5.37. The number of anilines is 2. The van der Waals surface area contributed by atoms with Crippen molar-refractivity contribution in [3.63, 3.8) is 0 Å². The molecular weight excluding hydrogens is 441 g/mol. The summed E-state index contributed by atoms with van der Waals surface area (Å²) in [6.07, 6.45) is 9.98. The molecule has 0 unspecified atom stereocenters. The molecule has 6 heteroatoms. The number of aryl methyl sites for hydroxylation is 1. The monoisotopic (exact) mass is 483 g/mol. The minimum atomic E-state index is -0.496. The number of nitrogens with zero attached hydrogens (tertiary/aromatic N) is 1. The van der Waals surface area contributed by atoms with Crippen LogP contribution < -0.4 is 16.0 Å². The van der Waals surface area contributed by atoms with E-state index in [0.29, 0.717) is 40.1 Å². The first-order valence-corrected chi connectivity index (χ1v) is 13.9. The lowest BCUT2D eigenvalue weighted by Gasteiger charge is -2.61. The minimum Gasteiger partial charge on any atom is -0.390 e. The van der Waals surface area contributed by atoms with Crippen LogP contribution in [0.25, 0.3) is 0 Å². The molecule has 192 valence electrons. The molecule has 1 aromatic carbocycles. The second-order valence-electron chi connectivity index (χ2n) is 13.4. The maximum absolute atomic E-state index is 14.5. The predicted molar refractivity (Wildman–Crippen MR) is 136 cm³/mol. The van der Waals surface area contributed by atoms with Crippen molar-refractivity contribution in [1.82, 2.24) is 5.53 Å². The third-order valence-corrected chi connectivity index (χ3v) is 11.6. The van der Waals surface area contributed by atoms with Gasteiger partial charge in [0.05, 0.1) is 17.8 Å². The molecule has 0 spiro atoms. The summed E-state index contributed by atoms with van der Waals surface area (Å²) in [5, 5.41) is 12.5. The molecular formula is C29H42FN3O2. The smallest absolute Gasteiger partial charge is 0.157 e. The third-order valence-electron chi connectivity index (χ3n) is 11.6. The lowest BCUT2D eigenvalue weighted by molar-refractivity contribution is -0.150. The second-order valence-corrected chi connectivity index (χ2v) is 13.4. The average Bonchev–Trinajstić information content (AvgIpc) is 3.37. The Balaban J connectivity index is 1.19. The number of carbonyl (C=O) groups is 1. The Morgan fingerprint density at radius 2 is 1.83 bits per heavy atom. The number of carbonyl (C=O) groups excluding carboxylic acids is 1. The van der Waals surface area contributed by atoms with E-state index in [1.165, 1.54) is 19.3 Å². The average molecular weight is 484 g/mol. The number of hydrogen-bond acceptors (Lipinski definition) is 5. The van der Waals surface area contributed by atoms with Crippen LogP contribution in [0.3, 0.4) is 0 Å². The van der Waals surface area contributed by atoms with Crippen LogP contribution in [0, 0.1) is 53.2 Å². The molecule has 6 rings (SSSR count). The summed E-state index contributed by atoms with van der Waals surface area (Å²) < 4.78 is 14.5. The van der Waals surface area contributed by atoms with Crippen LogP contribution in [0.4, 0.5) is 15.8 Å². The number of halogens is 1. The topological polar surface area (TPSA) is 64.6 Å². The number of nitrogens with one attached hydrogen (secondary N) is 2. The van der Waals surface area contributed by atoms with Gasteiger partial charge in [0.1, 0.15) is 5.69 Å². The zero-order valence-corrected chi connectivity index (χ0v) is 21.8. The van der Waals surface area contributed by atoms with E-state index in [0.717, 1.165) is 44.4 Å². The third kappa shape index (κ3) is 3.49. The van der Waals surface area contributed by atoms with Crippen LogP contribution >= 0.6 is 0 Å². The van der Waals surface area contributed by atoms with Crippen LogP contribution in [0.2, 0.25) is 0 Å². The van der Waals surface area contributed by atoms with Gasteiger partial charge in [0, 0.05) is 5.92 Å². The Labute approximate surface area is 209 Å². The van der Waals surface area contributed by atoms with Gasteiger partial charge in [-0.15, -0.1) is 5.53 Å². The molecule has 0 bridgehead atoms. The SMILES string of the molecule is Cc1ccc2c(c1F)NNN2CC(=O)[C@H]1CC[C@H]2[C@@H]3CC[C@H]4C[C@](C)(O)CC[C@]4(C)[C@H]3CC[C@]12C. The lowest BCUT2D eigenvalue weighted by atomic mass is 9.44. The van der Waals surface area contributed by atoms with Gasteiger partial charge in [-0.3, -0.25) is 15.2 Å². The van der Waals surface area contributed by atoms with E-state index < -0.39 is 5.60 Å². The van der Waals surface area contributed by atoms with E-state index in [-0.39, 0.29) is 29.5 Å². The highest BCUT2D eigenvalue weighted by Crippen LogP contribution is 2.68. The van der Waals surface area contributed by atoms with Gasteiger partial charge < -0.3 is 5.11 Å². The van der Waals surface area contributed by atoms with Crippen LogP contribution in [0.5, 0.6) is 0 Å². The molecule has 1 aliphatic heterocycles. The van der Waals surface area contributed by atoms with E-state index in [1.54, 1.807) is 18.0 Å². The van der Waals surface area contributed by atoms with Gasteiger partial charge in [0.15, 0.2) is 11.6 Å². The number of hydrazine groups is 2.